The van der Waals surface area contributed by atoms with E-state index in [4.69, 9.17) is 23.2 Å². The van der Waals surface area contributed by atoms with Crippen molar-refractivity contribution in [3.63, 3.8) is 0 Å². The van der Waals surface area contributed by atoms with Crippen molar-refractivity contribution in [3.05, 3.63) is 57.6 Å². The van der Waals surface area contributed by atoms with E-state index < -0.39 is 11.8 Å². The van der Waals surface area contributed by atoms with Crippen LogP contribution in [0, 0.1) is 13.8 Å². The molecule has 0 aromatic heterocycles. The molecule has 0 fully saturated rings. The second-order valence-electron chi connectivity index (χ2n) is 4.78. The first-order valence-corrected chi connectivity index (χ1v) is 7.27. The number of amides is 2. The Morgan fingerprint density at radius 2 is 1.59 bits per heavy atom. The average molecular weight is 337 g/mol. The third kappa shape index (κ3) is 3.78. The van der Waals surface area contributed by atoms with Gasteiger partial charge in [0.25, 0.3) is 0 Å². The van der Waals surface area contributed by atoms with E-state index in [1.54, 1.807) is 18.2 Å². The summed E-state index contributed by atoms with van der Waals surface area (Å²) in [6, 6.07) is 10.1. The van der Waals surface area contributed by atoms with Gasteiger partial charge in [0, 0.05) is 11.4 Å². The quantitative estimate of drug-likeness (QED) is 0.808. The van der Waals surface area contributed by atoms with Crippen LogP contribution < -0.4 is 10.6 Å². The Balaban J connectivity index is 2.07. The maximum atomic E-state index is 11.9. The molecule has 2 aromatic rings. The first kappa shape index (κ1) is 16.3. The smallest absolute Gasteiger partial charge is 0.314 e. The lowest BCUT2D eigenvalue weighted by atomic mass is 10.1. The van der Waals surface area contributed by atoms with E-state index in [1.165, 1.54) is 6.07 Å². The van der Waals surface area contributed by atoms with Crippen LogP contribution in [0.15, 0.2) is 36.4 Å². The molecule has 0 bridgehead atoms. The van der Waals surface area contributed by atoms with Gasteiger partial charge in [-0.1, -0.05) is 35.3 Å². The molecule has 0 spiro atoms. The van der Waals surface area contributed by atoms with Crippen molar-refractivity contribution in [2.24, 2.45) is 0 Å². The van der Waals surface area contributed by atoms with Crippen LogP contribution in [0.5, 0.6) is 0 Å². The van der Waals surface area contributed by atoms with Gasteiger partial charge in [0.2, 0.25) is 0 Å². The normalized spacial score (nSPS) is 10.2. The van der Waals surface area contributed by atoms with Crippen LogP contribution in [0.3, 0.4) is 0 Å². The highest BCUT2D eigenvalue weighted by Gasteiger charge is 2.15. The number of halogens is 2. The van der Waals surface area contributed by atoms with Gasteiger partial charge in [-0.05, 0) is 49.2 Å². The molecular formula is C16H14Cl2N2O2. The maximum absolute atomic E-state index is 11.9. The summed E-state index contributed by atoms with van der Waals surface area (Å²) in [5, 5.41) is 5.73. The number of hydrogen-bond acceptors (Lipinski definition) is 2. The van der Waals surface area contributed by atoms with Crippen molar-refractivity contribution in [2.45, 2.75) is 13.8 Å². The van der Waals surface area contributed by atoms with Gasteiger partial charge in [0.15, 0.2) is 0 Å². The molecule has 0 aliphatic heterocycles. The van der Waals surface area contributed by atoms with Crippen molar-refractivity contribution >= 4 is 46.4 Å². The highest BCUT2D eigenvalue weighted by molar-refractivity contribution is 6.44. The third-order valence-corrected chi connectivity index (χ3v) is 3.98. The van der Waals surface area contributed by atoms with Gasteiger partial charge in [0.05, 0.1) is 10.0 Å². The molecular weight excluding hydrogens is 323 g/mol. The van der Waals surface area contributed by atoms with Crippen molar-refractivity contribution < 1.29 is 9.59 Å². The summed E-state index contributed by atoms with van der Waals surface area (Å²) in [5.74, 6) is -1.53. The SMILES string of the molecule is Cc1cccc(NC(=O)C(=O)Nc2ccc(Cl)c(Cl)c2)c1C. The van der Waals surface area contributed by atoms with Crippen LogP contribution in [-0.2, 0) is 9.59 Å². The fourth-order valence-electron chi connectivity index (χ4n) is 1.83. The van der Waals surface area contributed by atoms with E-state index in [0.29, 0.717) is 21.4 Å². The number of carbonyl (C=O) groups is 2. The first-order chi connectivity index (χ1) is 10.4. The Kier molecular flexibility index (Phi) is 5.06. The molecule has 0 radical (unpaired) electrons. The number of nitrogens with one attached hydrogen (secondary N) is 2. The third-order valence-electron chi connectivity index (χ3n) is 3.24. The average Bonchev–Trinajstić information content (AvgIpc) is 2.47. The zero-order chi connectivity index (χ0) is 16.3. The number of aryl methyl sites for hydroxylation is 1. The zero-order valence-electron chi connectivity index (χ0n) is 12.0. The van der Waals surface area contributed by atoms with Gasteiger partial charge in [0.1, 0.15) is 0 Å². The lowest BCUT2D eigenvalue weighted by Gasteiger charge is -2.10. The molecule has 0 aliphatic carbocycles. The fourth-order valence-corrected chi connectivity index (χ4v) is 2.13. The van der Waals surface area contributed by atoms with Gasteiger partial charge in [-0.2, -0.15) is 0 Å². The van der Waals surface area contributed by atoms with E-state index >= 15 is 0 Å². The Hall–Kier alpha value is -2.04. The summed E-state index contributed by atoms with van der Waals surface area (Å²) >= 11 is 11.7. The number of hydrogen-bond donors (Lipinski definition) is 2. The van der Waals surface area contributed by atoms with Gasteiger partial charge in [-0.3, -0.25) is 9.59 Å². The summed E-state index contributed by atoms with van der Waals surface area (Å²) in [7, 11) is 0. The minimum atomic E-state index is -0.778. The summed E-state index contributed by atoms with van der Waals surface area (Å²) in [6.07, 6.45) is 0. The van der Waals surface area contributed by atoms with Crippen LogP contribution in [0.25, 0.3) is 0 Å². The lowest BCUT2D eigenvalue weighted by Crippen LogP contribution is -2.29. The summed E-state index contributed by atoms with van der Waals surface area (Å²) in [6.45, 7) is 3.81. The van der Waals surface area contributed by atoms with Crippen LogP contribution in [0.4, 0.5) is 11.4 Å². The number of benzene rings is 2. The van der Waals surface area contributed by atoms with Crippen molar-refractivity contribution in [1.29, 1.82) is 0 Å². The standard InChI is InChI=1S/C16H14Cl2N2O2/c1-9-4-3-5-14(10(9)2)20-16(22)15(21)19-11-6-7-12(17)13(18)8-11/h3-8H,1-2H3,(H,19,21)(H,20,22). The largest absolute Gasteiger partial charge is 0.318 e. The van der Waals surface area contributed by atoms with Gasteiger partial charge >= 0.3 is 11.8 Å². The second kappa shape index (κ2) is 6.81. The lowest BCUT2D eigenvalue weighted by molar-refractivity contribution is -0.133. The molecule has 0 saturated carbocycles. The number of carbonyl (C=O) groups excluding carboxylic acids is 2. The van der Waals surface area contributed by atoms with E-state index in [-0.39, 0.29) is 0 Å². The van der Waals surface area contributed by atoms with Gasteiger partial charge < -0.3 is 10.6 Å². The molecule has 0 aliphatic rings. The Labute approximate surface area is 138 Å². The highest BCUT2D eigenvalue weighted by atomic mass is 35.5. The maximum Gasteiger partial charge on any atom is 0.314 e. The Bertz CT molecular complexity index is 745. The molecule has 0 atom stereocenters. The van der Waals surface area contributed by atoms with Crippen molar-refractivity contribution in [2.75, 3.05) is 10.6 Å². The predicted octanol–water partition coefficient (Wildman–Crippen LogP) is 4.19. The molecule has 22 heavy (non-hydrogen) atoms. The molecule has 0 saturated heterocycles. The van der Waals surface area contributed by atoms with Crippen LogP contribution in [0.1, 0.15) is 11.1 Å². The first-order valence-electron chi connectivity index (χ1n) is 6.52. The molecule has 2 amide bonds. The van der Waals surface area contributed by atoms with Gasteiger partial charge in [-0.15, -0.1) is 0 Å². The Morgan fingerprint density at radius 1 is 0.909 bits per heavy atom. The second-order valence-corrected chi connectivity index (χ2v) is 5.60. The highest BCUT2D eigenvalue weighted by Crippen LogP contribution is 2.25. The summed E-state index contributed by atoms with van der Waals surface area (Å²) < 4.78 is 0. The van der Waals surface area contributed by atoms with Gasteiger partial charge in [-0.25, -0.2) is 0 Å². The molecule has 0 heterocycles. The van der Waals surface area contributed by atoms with Crippen LogP contribution >= 0.6 is 23.2 Å². The summed E-state index contributed by atoms with van der Waals surface area (Å²) in [5.41, 5.74) is 2.95. The van der Waals surface area contributed by atoms with E-state index in [0.717, 1.165) is 11.1 Å². The van der Waals surface area contributed by atoms with E-state index in [9.17, 15) is 9.59 Å². The minimum absolute atomic E-state index is 0.300. The van der Waals surface area contributed by atoms with E-state index in [1.807, 2.05) is 26.0 Å². The molecule has 4 nitrogen and oxygen atoms in total. The zero-order valence-corrected chi connectivity index (χ0v) is 13.5. The Morgan fingerprint density at radius 3 is 2.27 bits per heavy atom. The van der Waals surface area contributed by atoms with Crippen molar-refractivity contribution in [3.8, 4) is 0 Å². The number of anilines is 2. The molecule has 2 N–H and O–H groups in total. The summed E-state index contributed by atoms with van der Waals surface area (Å²) in [4.78, 5) is 23.9. The molecule has 114 valence electrons. The van der Waals surface area contributed by atoms with Crippen LogP contribution in [-0.4, -0.2) is 11.8 Å². The fraction of sp³-hybridized carbons (Fsp3) is 0.125. The predicted molar refractivity (Wildman–Crippen MR) is 89.6 cm³/mol. The molecule has 2 aromatic carbocycles. The topological polar surface area (TPSA) is 58.2 Å². The number of rotatable bonds is 2. The van der Waals surface area contributed by atoms with Crippen LogP contribution in [0.2, 0.25) is 10.0 Å². The molecule has 0 unspecified atom stereocenters. The van der Waals surface area contributed by atoms with E-state index in [2.05, 4.69) is 10.6 Å². The molecule has 6 heteroatoms. The minimum Gasteiger partial charge on any atom is -0.318 e. The molecule has 2 rings (SSSR count). The van der Waals surface area contributed by atoms with Crippen molar-refractivity contribution in [1.82, 2.24) is 0 Å². The monoisotopic (exact) mass is 336 g/mol.